The molecule has 0 bridgehead atoms. The van der Waals surface area contributed by atoms with Gasteiger partial charge in [0.05, 0.1) is 46.3 Å². The standard InChI is InChI=1S/C24H26N2O8/c1-31-15-3-4-19-14(9-15)10-18(24(30)25-19)17(12-21(28)32-2)23-22(29)20(27)11-16(34-23)13-26-5-7-33-8-6-26/h3-4,9-11,17,29H,5-8,12-13H2,1-2H3,(H,25,30). The SMILES string of the molecule is COC(=O)CC(c1oc(CN2CCOCC2)cc(=O)c1O)c1cc2cc(OC)ccc2[nH]c1=O. The molecule has 0 aliphatic carbocycles. The van der Waals surface area contributed by atoms with E-state index < -0.39 is 28.6 Å². The number of rotatable bonds is 7. The van der Waals surface area contributed by atoms with E-state index in [2.05, 4.69) is 4.98 Å². The minimum atomic E-state index is -1.05. The molecule has 2 N–H and O–H groups in total. The number of aromatic amines is 1. The fourth-order valence-corrected chi connectivity index (χ4v) is 4.03. The Morgan fingerprint density at radius 2 is 1.94 bits per heavy atom. The van der Waals surface area contributed by atoms with Crippen LogP contribution < -0.4 is 15.7 Å². The van der Waals surface area contributed by atoms with Crippen molar-refractivity contribution in [3.05, 3.63) is 68.0 Å². The molecule has 3 heterocycles. The average molecular weight is 470 g/mol. The molecule has 1 aromatic carbocycles. The van der Waals surface area contributed by atoms with Crippen LogP contribution in [-0.4, -0.2) is 61.5 Å². The van der Waals surface area contributed by atoms with Crippen molar-refractivity contribution in [1.29, 1.82) is 0 Å². The number of aromatic nitrogens is 1. The maximum Gasteiger partial charge on any atom is 0.306 e. The third-order valence-corrected chi connectivity index (χ3v) is 5.85. The maximum atomic E-state index is 13.0. The number of hydrogen-bond donors (Lipinski definition) is 2. The number of ether oxygens (including phenoxy) is 3. The van der Waals surface area contributed by atoms with Crippen molar-refractivity contribution in [1.82, 2.24) is 9.88 Å². The Bertz CT molecular complexity index is 1310. The first-order chi connectivity index (χ1) is 16.4. The highest BCUT2D eigenvalue weighted by Gasteiger charge is 2.29. The fourth-order valence-electron chi connectivity index (χ4n) is 4.03. The maximum absolute atomic E-state index is 13.0. The first-order valence-electron chi connectivity index (χ1n) is 10.8. The lowest BCUT2D eigenvalue weighted by Crippen LogP contribution is -2.35. The number of hydrogen-bond acceptors (Lipinski definition) is 9. The van der Waals surface area contributed by atoms with Gasteiger partial charge in [0, 0.05) is 35.6 Å². The summed E-state index contributed by atoms with van der Waals surface area (Å²) in [5, 5.41) is 11.3. The second kappa shape index (κ2) is 10.1. The molecule has 1 unspecified atom stereocenters. The normalized spacial score (nSPS) is 15.2. The van der Waals surface area contributed by atoms with Crippen molar-refractivity contribution < 1.29 is 28.5 Å². The van der Waals surface area contributed by atoms with Gasteiger partial charge in [-0.15, -0.1) is 0 Å². The summed E-state index contributed by atoms with van der Waals surface area (Å²) in [6.07, 6.45) is -0.313. The zero-order valence-corrected chi connectivity index (χ0v) is 19.0. The zero-order chi connectivity index (χ0) is 24.2. The number of aromatic hydroxyl groups is 1. The minimum absolute atomic E-state index is 0.146. The van der Waals surface area contributed by atoms with Gasteiger partial charge in [0.1, 0.15) is 11.5 Å². The number of methoxy groups -OCH3 is 2. The van der Waals surface area contributed by atoms with Crippen LogP contribution in [0, 0.1) is 0 Å². The topological polar surface area (TPSA) is 131 Å². The lowest BCUT2D eigenvalue weighted by Gasteiger charge is -2.26. The predicted molar refractivity (Wildman–Crippen MR) is 122 cm³/mol. The molecule has 0 saturated carbocycles. The summed E-state index contributed by atoms with van der Waals surface area (Å²) in [5.41, 5.74) is -0.420. The molecule has 180 valence electrons. The number of esters is 1. The van der Waals surface area contributed by atoms with Gasteiger partial charge in [-0.3, -0.25) is 19.3 Å². The van der Waals surface area contributed by atoms with E-state index in [9.17, 15) is 19.5 Å². The molecule has 0 amide bonds. The summed E-state index contributed by atoms with van der Waals surface area (Å²) in [6, 6.07) is 7.96. The van der Waals surface area contributed by atoms with Crippen LogP contribution in [0.3, 0.4) is 0 Å². The quantitative estimate of drug-likeness (QED) is 0.496. The van der Waals surface area contributed by atoms with Crippen LogP contribution in [-0.2, 0) is 20.8 Å². The summed E-state index contributed by atoms with van der Waals surface area (Å²) >= 11 is 0. The summed E-state index contributed by atoms with van der Waals surface area (Å²) in [7, 11) is 2.75. The Balaban J connectivity index is 1.83. The number of nitrogens with one attached hydrogen (secondary N) is 1. The Labute approximate surface area is 194 Å². The van der Waals surface area contributed by atoms with Crippen molar-refractivity contribution >= 4 is 16.9 Å². The number of pyridine rings is 1. The zero-order valence-electron chi connectivity index (χ0n) is 19.0. The van der Waals surface area contributed by atoms with Crippen LogP contribution >= 0.6 is 0 Å². The van der Waals surface area contributed by atoms with E-state index in [1.165, 1.54) is 20.3 Å². The number of morpholine rings is 1. The number of fused-ring (bicyclic) bond motifs is 1. The molecular weight excluding hydrogens is 444 g/mol. The summed E-state index contributed by atoms with van der Waals surface area (Å²) < 4.78 is 21.4. The van der Waals surface area contributed by atoms with E-state index in [-0.39, 0.29) is 17.7 Å². The van der Waals surface area contributed by atoms with Gasteiger partial charge in [0.2, 0.25) is 11.2 Å². The van der Waals surface area contributed by atoms with Gasteiger partial charge >= 0.3 is 5.97 Å². The molecule has 1 aliphatic rings. The van der Waals surface area contributed by atoms with E-state index in [0.717, 1.165) is 0 Å². The van der Waals surface area contributed by atoms with Gasteiger partial charge in [-0.2, -0.15) is 0 Å². The number of benzene rings is 1. The smallest absolute Gasteiger partial charge is 0.306 e. The molecule has 10 heteroatoms. The molecular formula is C24H26N2O8. The molecule has 1 aliphatic heterocycles. The van der Waals surface area contributed by atoms with Crippen molar-refractivity contribution in [3.63, 3.8) is 0 Å². The third kappa shape index (κ3) is 4.97. The average Bonchev–Trinajstić information content (AvgIpc) is 2.84. The van der Waals surface area contributed by atoms with E-state index in [1.54, 1.807) is 24.3 Å². The van der Waals surface area contributed by atoms with Crippen LogP contribution in [0.2, 0.25) is 0 Å². The van der Waals surface area contributed by atoms with Gasteiger partial charge in [0.25, 0.3) is 5.56 Å². The second-order valence-corrected chi connectivity index (χ2v) is 8.02. The molecule has 3 aromatic rings. The largest absolute Gasteiger partial charge is 0.502 e. The Morgan fingerprint density at radius 3 is 2.65 bits per heavy atom. The van der Waals surface area contributed by atoms with Gasteiger partial charge < -0.3 is 28.7 Å². The summed E-state index contributed by atoms with van der Waals surface area (Å²) in [4.78, 5) is 42.7. The highest BCUT2D eigenvalue weighted by Crippen LogP contribution is 2.33. The molecule has 0 radical (unpaired) electrons. The van der Waals surface area contributed by atoms with Crippen molar-refractivity contribution in [3.8, 4) is 11.5 Å². The monoisotopic (exact) mass is 470 g/mol. The number of carbonyl (C=O) groups excluding carboxylic acids is 1. The van der Waals surface area contributed by atoms with Gasteiger partial charge in [0.15, 0.2) is 5.76 Å². The van der Waals surface area contributed by atoms with E-state index >= 15 is 0 Å². The highest BCUT2D eigenvalue weighted by atomic mass is 16.5. The first kappa shape index (κ1) is 23.5. The fraction of sp³-hybridized carbons (Fsp3) is 0.375. The molecule has 1 atom stereocenters. The molecule has 4 rings (SSSR count). The number of H-pyrrole nitrogens is 1. The van der Waals surface area contributed by atoms with E-state index in [0.29, 0.717) is 55.3 Å². The van der Waals surface area contributed by atoms with Gasteiger partial charge in [-0.05, 0) is 24.3 Å². The number of nitrogens with zero attached hydrogens (tertiary/aromatic N) is 1. The second-order valence-electron chi connectivity index (χ2n) is 8.02. The lowest BCUT2D eigenvalue weighted by molar-refractivity contribution is -0.140. The van der Waals surface area contributed by atoms with Crippen LogP contribution in [0.1, 0.15) is 29.4 Å². The van der Waals surface area contributed by atoms with Gasteiger partial charge in [-0.25, -0.2) is 0 Å². The molecule has 10 nitrogen and oxygen atoms in total. The van der Waals surface area contributed by atoms with Crippen LogP contribution in [0.5, 0.6) is 11.5 Å². The lowest BCUT2D eigenvalue weighted by atomic mass is 9.92. The van der Waals surface area contributed by atoms with Crippen LogP contribution in [0.25, 0.3) is 10.9 Å². The predicted octanol–water partition coefficient (Wildman–Crippen LogP) is 1.72. The Kier molecular flexibility index (Phi) is 6.99. The number of carbonyl (C=O) groups is 1. The summed E-state index contributed by atoms with van der Waals surface area (Å²) in [6.45, 7) is 2.78. The van der Waals surface area contributed by atoms with Crippen molar-refractivity contribution in [2.75, 3.05) is 40.5 Å². The highest BCUT2D eigenvalue weighted by molar-refractivity contribution is 5.81. The first-order valence-corrected chi connectivity index (χ1v) is 10.8. The molecule has 1 fully saturated rings. The minimum Gasteiger partial charge on any atom is -0.502 e. The Morgan fingerprint density at radius 1 is 1.18 bits per heavy atom. The molecule has 2 aromatic heterocycles. The van der Waals surface area contributed by atoms with E-state index in [4.69, 9.17) is 18.6 Å². The van der Waals surface area contributed by atoms with Gasteiger partial charge in [-0.1, -0.05) is 0 Å². The molecule has 34 heavy (non-hydrogen) atoms. The molecule has 1 saturated heterocycles. The van der Waals surface area contributed by atoms with Crippen LogP contribution in [0.4, 0.5) is 0 Å². The Hall–Kier alpha value is -3.63. The third-order valence-electron chi connectivity index (χ3n) is 5.85. The van der Waals surface area contributed by atoms with Crippen molar-refractivity contribution in [2.24, 2.45) is 0 Å². The van der Waals surface area contributed by atoms with Crippen molar-refractivity contribution in [2.45, 2.75) is 18.9 Å². The molecule has 0 spiro atoms. The van der Waals surface area contributed by atoms with E-state index in [1.807, 2.05) is 4.90 Å². The van der Waals surface area contributed by atoms with Crippen LogP contribution in [0.15, 0.2) is 44.3 Å². The summed E-state index contributed by atoms with van der Waals surface area (Å²) in [5.74, 6) is -1.59.